The molecule has 7 aromatic carbocycles. The maximum Gasteiger partial charge on any atom is 0.104 e. The number of hydrogen-bond donors (Lipinski definition) is 0. The monoisotopic (exact) mass is 866 g/mol. The van der Waals surface area contributed by atoms with Gasteiger partial charge in [0.15, 0.2) is 0 Å². The minimum absolute atomic E-state index is 0.205. The van der Waals surface area contributed by atoms with Gasteiger partial charge in [-0.25, -0.2) is 0 Å². The summed E-state index contributed by atoms with van der Waals surface area (Å²) >= 11 is 0. The van der Waals surface area contributed by atoms with Crippen LogP contribution in [0, 0.1) is 40.9 Å². The van der Waals surface area contributed by atoms with Gasteiger partial charge in [0.25, 0.3) is 0 Å². The maximum atomic E-state index is 11.8. The Labute approximate surface area is 392 Å². The number of anilines is 2. The summed E-state index contributed by atoms with van der Waals surface area (Å²) in [5, 5.41) is 38.3. The summed E-state index contributed by atoms with van der Waals surface area (Å²) in [7, 11) is 0. The van der Waals surface area contributed by atoms with E-state index in [1.54, 1.807) is 0 Å². The molecule has 67 heavy (non-hydrogen) atoms. The third kappa shape index (κ3) is 7.09. The van der Waals surface area contributed by atoms with Crippen LogP contribution in [0.25, 0.3) is 72.4 Å². The van der Waals surface area contributed by atoms with Crippen molar-refractivity contribution in [3.8, 4) is 51.8 Å². The molecule has 6 nitrogen and oxygen atoms in total. The van der Waals surface area contributed by atoms with Gasteiger partial charge in [0.1, 0.15) is 34.9 Å². The molecule has 0 spiro atoms. The number of hydrogen-bond acceptors (Lipinski definition) is 4. The Kier molecular flexibility index (Phi) is 11.1. The zero-order valence-corrected chi connectivity index (χ0v) is 38.5. The Balaban J connectivity index is 1.33. The normalized spacial score (nSPS) is 12.0. The molecular formula is C61H50N6. The summed E-state index contributed by atoms with van der Waals surface area (Å²) in [4.78, 5) is 1.93. The van der Waals surface area contributed by atoms with E-state index < -0.39 is 0 Å². The van der Waals surface area contributed by atoms with Gasteiger partial charge in [-0.05, 0) is 127 Å². The molecule has 1 aliphatic carbocycles. The van der Waals surface area contributed by atoms with Crippen LogP contribution in [0.2, 0.25) is 0 Å². The Bertz CT molecular complexity index is 3610. The number of aryl methyl sites for hydroxylation is 4. The number of nitrogens with zero attached hydrogens (tertiary/aromatic N) is 6. The first kappa shape index (κ1) is 42.6. The zero-order chi connectivity index (χ0) is 46.3. The summed E-state index contributed by atoms with van der Waals surface area (Å²) in [6.45, 7) is 12.8. The summed E-state index contributed by atoms with van der Waals surface area (Å²) in [6.07, 6.45) is 10.2. The van der Waals surface area contributed by atoms with E-state index in [9.17, 15) is 15.8 Å². The molecule has 2 heterocycles. The first-order valence-electron chi connectivity index (χ1n) is 23.3. The Morgan fingerprint density at radius 2 is 1.12 bits per heavy atom. The summed E-state index contributed by atoms with van der Waals surface area (Å²) in [5.74, 6) is 0. The van der Waals surface area contributed by atoms with E-state index >= 15 is 0 Å². The van der Waals surface area contributed by atoms with Crippen LogP contribution in [-0.2, 0) is 19.3 Å². The van der Waals surface area contributed by atoms with Crippen molar-refractivity contribution in [2.45, 2.75) is 66.2 Å². The van der Waals surface area contributed by atoms with Gasteiger partial charge in [-0.1, -0.05) is 136 Å². The molecule has 0 saturated carbocycles. The van der Waals surface area contributed by atoms with Crippen LogP contribution in [-0.4, -0.2) is 9.13 Å². The van der Waals surface area contributed by atoms with Crippen molar-refractivity contribution in [3.05, 3.63) is 196 Å². The topological polar surface area (TPSA) is 84.5 Å². The number of benzene rings is 7. The van der Waals surface area contributed by atoms with Crippen molar-refractivity contribution in [1.29, 1.82) is 15.8 Å². The smallest absolute Gasteiger partial charge is 0.104 e. The summed E-state index contributed by atoms with van der Waals surface area (Å²) in [5.41, 5.74) is 15.9. The molecule has 6 heteroatoms. The fourth-order valence-electron chi connectivity index (χ4n) is 10.4. The van der Waals surface area contributed by atoms with Crippen LogP contribution in [0.1, 0.15) is 84.7 Å². The lowest BCUT2D eigenvalue weighted by Gasteiger charge is -2.31. The van der Waals surface area contributed by atoms with Crippen LogP contribution >= 0.6 is 0 Å². The highest BCUT2D eigenvalue weighted by atomic mass is 15.2. The minimum Gasteiger partial charge on any atom is -0.312 e. The van der Waals surface area contributed by atoms with Gasteiger partial charge < -0.3 is 14.0 Å². The molecule has 10 rings (SSSR count). The van der Waals surface area contributed by atoms with Gasteiger partial charge >= 0.3 is 0 Å². The molecule has 0 unspecified atom stereocenters. The van der Waals surface area contributed by atoms with Gasteiger partial charge in [0.05, 0.1) is 33.6 Å². The second-order valence-corrected chi connectivity index (χ2v) is 17.7. The van der Waals surface area contributed by atoms with Gasteiger partial charge in [0, 0.05) is 33.2 Å². The molecule has 2 aromatic heterocycles. The molecule has 324 valence electrons. The van der Waals surface area contributed by atoms with E-state index in [0.29, 0.717) is 22.8 Å². The Morgan fingerprint density at radius 1 is 0.597 bits per heavy atom. The van der Waals surface area contributed by atoms with Crippen molar-refractivity contribution in [2.75, 3.05) is 4.90 Å². The first-order chi connectivity index (χ1) is 32.8. The molecule has 0 saturated heterocycles. The maximum absolute atomic E-state index is 11.8. The average molecular weight is 867 g/mol. The van der Waals surface area contributed by atoms with E-state index in [0.717, 1.165) is 116 Å². The van der Waals surface area contributed by atoms with Crippen LogP contribution in [0.4, 0.5) is 11.4 Å². The molecule has 0 fully saturated rings. The fourth-order valence-corrected chi connectivity index (χ4v) is 10.4. The highest BCUT2D eigenvalue weighted by molar-refractivity contribution is 6.11. The highest BCUT2D eigenvalue weighted by Crippen LogP contribution is 2.48. The largest absolute Gasteiger partial charge is 0.312 e. The van der Waals surface area contributed by atoms with Gasteiger partial charge in [-0.15, -0.1) is 0 Å². The lowest BCUT2D eigenvalue weighted by atomic mass is 9.94. The highest BCUT2D eigenvalue weighted by Gasteiger charge is 2.34. The van der Waals surface area contributed by atoms with Gasteiger partial charge in [-0.3, -0.25) is 0 Å². The SMILES string of the molecule is C=C(C)N(c1ccccc1C)c1c(C#N)c(-n2c3c(c4cc(-c5ccc(CCC)cc5)ccc42)CCC=C3)c(C#N)c(-n2c3ccccc3c3cc(-c4ccc(CCC)cc4)ccc32)c1C#N. The van der Waals surface area contributed by atoms with E-state index in [4.69, 9.17) is 0 Å². The Morgan fingerprint density at radius 3 is 1.70 bits per heavy atom. The van der Waals surface area contributed by atoms with Crippen molar-refractivity contribution in [2.24, 2.45) is 0 Å². The lowest BCUT2D eigenvalue weighted by Crippen LogP contribution is -2.21. The molecule has 0 atom stereocenters. The molecule has 0 bridgehead atoms. The average Bonchev–Trinajstić information content (AvgIpc) is 3.86. The molecule has 0 amide bonds. The van der Waals surface area contributed by atoms with Crippen LogP contribution in [0.3, 0.4) is 0 Å². The number of rotatable bonds is 11. The van der Waals surface area contributed by atoms with Crippen molar-refractivity contribution in [1.82, 2.24) is 9.13 Å². The standard InChI is InChI=1S/C61H50N6/c1-6-14-41-22-26-43(27-23-41)45-30-32-57-49(34-45)47-17-9-12-20-55(47)66(57)60-51(36-62)59(65(39(3)4)54-19-11-8-16-40(54)5)52(37-63)61(53(60)38-64)67-56-21-13-10-18-48(56)50-35-46(31-33-58(50)67)44-28-24-42(15-7-2)25-29-44/h8-9,11-13,16-17,19-35H,3,6-7,10,14-15,18H2,1-2,4-5H3. The molecule has 0 N–H and O–H groups in total. The van der Waals surface area contributed by atoms with Gasteiger partial charge in [0.2, 0.25) is 0 Å². The number of para-hydroxylation sites is 2. The first-order valence-corrected chi connectivity index (χ1v) is 23.3. The van der Waals surface area contributed by atoms with Crippen molar-refractivity contribution < 1.29 is 0 Å². The fraction of sp³-hybridized carbons (Fsp3) is 0.164. The third-order valence-electron chi connectivity index (χ3n) is 13.4. The second kappa shape index (κ2) is 17.5. The number of fused-ring (bicyclic) bond motifs is 6. The lowest BCUT2D eigenvalue weighted by molar-refractivity contribution is 0.922. The van der Waals surface area contributed by atoms with E-state index in [1.807, 2.05) is 55.1 Å². The van der Waals surface area contributed by atoms with Gasteiger partial charge in [-0.2, -0.15) is 15.8 Å². The zero-order valence-electron chi connectivity index (χ0n) is 38.5. The van der Waals surface area contributed by atoms with Crippen LogP contribution < -0.4 is 4.90 Å². The van der Waals surface area contributed by atoms with Crippen LogP contribution in [0.15, 0.2) is 152 Å². The van der Waals surface area contributed by atoms with E-state index in [-0.39, 0.29) is 16.7 Å². The molecular weight excluding hydrogens is 817 g/mol. The number of allylic oxidation sites excluding steroid dienone is 2. The predicted molar refractivity (Wildman–Crippen MR) is 276 cm³/mol. The molecule has 9 aromatic rings. The summed E-state index contributed by atoms with van der Waals surface area (Å²) in [6, 6.07) is 54.6. The van der Waals surface area contributed by atoms with E-state index in [2.05, 4.69) is 157 Å². The molecule has 1 aliphatic rings. The van der Waals surface area contributed by atoms with Crippen molar-refractivity contribution >= 4 is 50.2 Å². The summed E-state index contributed by atoms with van der Waals surface area (Å²) < 4.78 is 4.19. The number of nitriles is 3. The second-order valence-electron chi connectivity index (χ2n) is 17.7. The quantitative estimate of drug-likeness (QED) is 0.130. The number of aromatic nitrogens is 2. The third-order valence-corrected chi connectivity index (χ3v) is 13.4. The molecule has 0 aliphatic heterocycles. The minimum atomic E-state index is 0.205. The molecule has 0 radical (unpaired) electrons. The predicted octanol–water partition coefficient (Wildman–Crippen LogP) is 15.5. The van der Waals surface area contributed by atoms with E-state index in [1.165, 1.54) is 11.1 Å². The van der Waals surface area contributed by atoms with Crippen LogP contribution in [0.5, 0.6) is 0 Å². The van der Waals surface area contributed by atoms with Crippen molar-refractivity contribution in [3.63, 3.8) is 0 Å². The Hall–Kier alpha value is -8.37.